The first kappa shape index (κ1) is 19.1. The van der Waals surface area contributed by atoms with Gasteiger partial charge in [0.25, 0.3) is 0 Å². The van der Waals surface area contributed by atoms with Crippen LogP contribution in [0.1, 0.15) is 34.2 Å². The van der Waals surface area contributed by atoms with Crippen LogP contribution in [0, 0.1) is 6.92 Å². The van der Waals surface area contributed by atoms with Gasteiger partial charge in [0.1, 0.15) is 5.75 Å². The van der Waals surface area contributed by atoms with E-state index < -0.39 is 0 Å². The summed E-state index contributed by atoms with van der Waals surface area (Å²) in [6, 6.07) is 18.1. The number of aromatic nitrogens is 1. The number of hydrogen-bond acceptors (Lipinski definition) is 4. The molecule has 0 unspecified atom stereocenters. The van der Waals surface area contributed by atoms with E-state index in [1.165, 1.54) is 0 Å². The van der Waals surface area contributed by atoms with Crippen molar-refractivity contribution in [2.75, 3.05) is 14.2 Å². The van der Waals surface area contributed by atoms with Gasteiger partial charge in [0, 0.05) is 24.8 Å². The third-order valence-electron chi connectivity index (χ3n) is 4.59. The molecule has 0 fully saturated rings. The lowest BCUT2D eigenvalue weighted by Gasteiger charge is -2.22. The highest BCUT2D eigenvalue weighted by molar-refractivity contribution is 7.09. The number of rotatable bonds is 7. The number of thiazole rings is 1. The van der Waals surface area contributed by atoms with E-state index in [9.17, 15) is 4.79 Å². The zero-order valence-corrected chi connectivity index (χ0v) is 16.7. The summed E-state index contributed by atoms with van der Waals surface area (Å²) in [6.07, 6.45) is 0.413. The number of aryl methyl sites for hydroxylation is 1. The van der Waals surface area contributed by atoms with E-state index in [2.05, 4.69) is 17.1 Å². The van der Waals surface area contributed by atoms with Crippen molar-refractivity contribution < 1.29 is 9.53 Å². The molecule has 0 saturated heterocycles. The Morgan fingerprint density at radius 1 is 1.11 bits per heavy atom. The van der Waals surface area contributed by atoms with Crippen LogP contribution >= 0.6 is 11.3 Å². The van der Waals surface area contributed by atoms with Crippen LogP contribution in [0.5, 0.6) is 5.75 Å². The number of hydrogen-bond donors (Lipinski definition) is 0. The van der Waals surface area contributed by atoms with Crippen molar-refractivity contribution in [3.63, 3.8) is 0 Å². The quantitative estimate of drug-likeness (QED) is 0.600. The van der Waals surface area contributed by atoms with Gasteiger partial charge in [-0.15, -0.1) is 11.3 Å². The largest absolute Gasteiger partial charge is 0.497 e. The van der Waals surface area contributed by atoms with Crippen LogP contribution in [0.15, 0.2) is 60.0 Å². The highest BCUT2D eigenvalue weighted by Crippen LogP contribution is 2.30. The van der Waals surface area contributed by atoms with E-state index in [0.717, 1.165) is 27.6 Å². The van der Waals surface area contributed by atoms with Crippen LogP contribution in [0.25, 0.3) is 0 Å². The molecule has 0 aliphatic carbocycles. The van der Waals surface area contributed by atoms with Crippen LogP contribution in [-0.4, -0.2) is 29.9 Å². The van der Waals surface area contributed by atoms with Crippen molar-refractivity contribution in [1.29, 1.82) is 0 Å². The lowest BCUT2D eigenvalue weighted by molar-refractivity contribution is -0.130. The number of carbonyl (C=O) groups is 1. The van der Waals surface area contributed by atoms with E-state index in [1.807, 2.05) is 61.8 Å². The molecule has 0 radical (unpaired) electrons. The molecule has 0 aliphatic heterocycles. The molecule has 5 heteroatoms. The van der Waals surface area contributed by atoms with Gasteiger partial charge in [0.05, 0.1) is 24.4 Å². The molecule has 2 aromatic carbocycles. The summed E-state index contributed by atoms with van der Waals surface area (Å²) in [5.74, 6) is 0.919. The number of amides is 1. The SMILES string of the molecule is COc1ccc([C@@H](CC(=O)N(C)Cc2csc(C)n2)c2ccccc2)cc1. The molecule has 0 saturated carbocycles. The minimum absolute atomic E-state index is 0.00391. The van der Waals surface area contributed by atoms with E-state index >= 15 is 0 Å². The zero-order chi connectivity index (χ0) is 19.2. The van der Waals surface area contributed by atoms with Crippen LogP contribution in [0.3, 0.4) is 0 Å². The number of benzene rings is 2. The van der Waals surface area contributed by atoms with Crippen LogP contribution in [-0.2, 0) is 11.3 Å². The number of ether oxygens (including phenoxy) is 1. The molecule has 1 amide bonds. The number of methoxy groups -OCH3 is 1. The maximum absolute atomic E-state index is 12.9. The summed E-state index contributed by atoms with van der Waals surface area (Å²) < 4.78 is 5.26. The highest BCUT2D eigenvalue weighted by Gasteiger charge is 2.21. The Kier molecular flexibility index (Phi) is 6.24. The summed E-state index contributed by atoms with van der Waals surface area (Å²) in [7, 11) is 3.50. The van der Waals surface area contributed by atoms with Gasteiger partial charge >= 0.3 is 0 Å². The lowest BCUT2D eigenvalue weighted by atomic mass is 9.88. The molecule has 0 N–H and O–H groups in total. The molecular formula is C22H24N2O2S. The Hall–Kier alpha value is -2.66. The van der Waals surface area contributed by atoms with Gasteiger partial charge in [-0.05, 0) is 30.2 Å². The Bertz CT molecular complexity index is 875. The topological polar surface area (TPSA) is 42.4 Å². The summed E-state index contributed by atoms with van der Waals surface area (Å²) >= 11 is 1.61. The van der Waals surface area contributed by atoms with E-state index in [4.69, 9.17) is 4.74 Å². The van der Waals surface area contributed by atoms with Crippen molar-refractivity contribution in [2.45, 2.75) is 25.8 Å². The number of carbonyl (C=O) groups excluding carboxylic acids is 1. The Balaban J connectivity index is 1.79. The third-order valence-corrected chi connectivity index (χ3v) is 5.41. The summed E-state index contributed by atoms with van der Waals surface area (Å²) in [5, 5.41) is 3.03. The molecule has 3 rings (SSSR count). The van der Waals surface area contributed by atoms with Crippen molar-refractivity contribution in [2.24, 2.45) is 0 Å². The van der Waals surface area contributed by atoms with Gasteiger partial charge in [-0.3, -0.25) is 4.79 Å². The predicted octanol–water partition coefficient (Wildman–Crippen LogP) is 4.64. The molecular weight excluding hydrogens is 356 g/mol. The average molecular weight is 381 g/mol. The lowest BCUT2D eigenvalue weighted by Crippen LogP contribution is -2.28. The van der Waals surface area contributed by atoms with Gasteiger partial charge in [-0.25, -0.2) is 4.98 Å². The molecule has 0 aliphatic rings. The normalized spacial score (nSPS) is 11.8. The molecule has 1 aromatic heterocycles. The Morgan fingerprint density at radius 2 is 1.78 bits per heavy atom. The monoisotopic (exact) mass is 380 g/mol. The minimum Gasteiger partial charge on any atom is -0.497 e. The van der Waals surface area contributed by atoms with E-state index in [1.54, 1.807) is 23.3 Å². The van der Waals surface area contributed by atoms with Gasteiger partial charge in [-0.1, -0.05) is 42.5 Å². The van der Waals surface area contributed by atoms with Gasteiger partial charge in [0.2, 0.25) is 5.91 Å². The Labute approximate surface area is 164 Å². The van der Waals surface area contributed by atoms with Gasteiger partial charge in [-0.2, -0.15) is 0 Å². The Morgan fingerprint density at radius 3 is 2.37 bits per heavy atom. The van der Waals surface area contributed by atoms with Gasteiger partial charge in [0.15, 0.2) is 0 Å². The summed E-state index contributed by atoms with van der Waals surface area (Å²) in [4.78, 5) is 19.1. The molecule has 0 spiro atoms. The smallest absolute Gasteiger partial charge is 0.223 e. The minimum atomic E-state index is 0.00391. The second kappa shape index (κ2) is 8.82. The molecule has 3 aromatic rings. The van der Waals surface area contributed by atoms with E-state index in [0.29, 0.717) is 13.0 Å². The fraction of sp³-hybridized carbons (Fsp3) is 0.273. The second-order valence-electron chi connectivity index (χ2n) is 6.55. The fourth-order valence-corrected chi connectivity index (χ4v) is 3.70. The van der Waals surface area contributed by atoms with Crippen molar-refractivity contribution in [3.05, 3.63) is 81.8 Å². The van der Waals surface area contributed by atoms with Gasteiger partial charge < -0.3 is 9.64 Å². The molecule has 0 bridgehead atoms. The molecule has 1 heterocycles. The van der Waals surface area contributed by atoms with Crippen molar-refractivity contribution in [3.8, 4) is 5.75 Å². The first-order chi connectivity index (χ1) is 13.1. The van der Waals surface area contributed by atoms with Crippen LogP contribution in [0.2, 0.25) is 0 Å². The summed E-state index contributed by atoms with van der Waals surface area (Å²) in [6.45, 7) is 2.51. The predicted molar refractivity (Wildman–Crippen MR) is 109 cm³/mol. The zero-order valence-electron chi connectivity index (χ0n) is 15.9. The van der Waals surface area contributed by atoms with Crippen molar-refractivity contribution in [1.82, 2.24) is 9.88 Å². The second-order valence-corrected chi connectivity index (χ2v) is 7.61. The molecule has 4 nitrogen and oxygen atoms in total. The van der Waals surface area contributed by atoms with Crippen LogP contribution in [0.4, 0.5) is 0 Å². The fourth-order valence-electron chi connectivity index (χ4n) is 3.09. The molecule has 1 atom stereocenters. The first-order valence-electron chi connectivity index (χ1n) is 8.90. The standard InChI is InChI=1S/C22H24N2O2S/c1-16-23-19(15-27-16)14-24(2)22(25)13-21(17-7-5-4-6-8-17)18-9-11-20(26-3)12-10-18/h4-12,15,21H,13-14H2,1-3H3/t21-/m0/s1. The van der Waals surface area contributed by atoms with E-state index in [-0.39, 0.29) is 11.8 Å². The van der Waals surface area contributed by atoms with Crippen molar-refractivity contribution >= 4 is 17.2 Å². The third kappa shape index (κ3) is 4.95. The highest BCUT2D eigenvalue weighted by atomic mass is 32.1. The summed E-state index contributed by atoms with van der Waals surface area (Å²) in [5.41, 5.74) is 3.18. The maximum Gasteiger partial charge on any atom is 0.223 e. The average Bonchev–Trinajstić information content (AvgIpc) is 3.11. The molecule has 140 valence electrons. The first-order valence-corrected chi connectivity index (χ1v) is 9.78. The maximum atomic E-state index is 12.9. The van der Waals surface area contributed by atoms with Crippen LogP contribution < -0.4 is 4.74 Å². The number of nitrogens with zero attached hydrogens (tertiary/aromatic N) is 2. The molecule has 27 heavy (non-hydrogen) atoms.